The molecule has 0 unspecified atom stereocenters. The van der Waals surface area contributed by atoms with E-state index in [-0.39, 0.29) is 17.9 Å². The van der Waals surface area contributed by atoms with Gasteiger partial charge in [0.1, 0.15) is 0 Å². The van der Waals surface area contributed by atoms with Gasteiger partial charge >= 0.3 is 0 Å². The fraction of sp³-hybridized carbons (Fsp3) is 0.429. The number of hydrogen-bond acceptors (Lipinski definition) is 3. The van der Waals surface area contributed by atoms with Crippen molar-refractivity contribution in [1.29, 1.82) is 0 Å². The molecule has 2 aromatic rings. The van der Waals surface area contributed by atoms with Gasteiger partial charge in [0.05, 0.1) is 25.9 Å². The standard InChI is InChI=1S/C21H25N3O3/c25-20-6-3-13-24(20)17-9-7-16(8-10-17)21(26)22-15-18(19-5-4-14-27-19)23-11-1-2-12-23/h4-5,7-10,14,18H,1-3,6,11-13,15H2,(H,22,26)/p+1/t18-/m0/s1. The summed E-state index contributed by atoms with van der Waals surface area (Å²) in [7, 11) is 0. The van der Waals surface area contributed by atoms with Crippen LogP contribution in [-0.2, 0) is 4.79 Å². The Hall–Kier alpha value is -2.60. The van der Waals surface area contributed by atoms with E-state index in [2.05, 4.69) is 5.32 Å². The Labute approximate surface area is 159 Å². The van der Waals surface area contributed by atoms with Gasteiger partial charge in [0, 0.05) is 37.1 Å². The maximum absolute atomic E-state index is 12.6. The molecule has 27 heavy (non-hydrogen) atoms. The van der Waals surface area contributed by atoms with E-state index in [4.69, 9.17) is 4.42 Å². The summed E-state index contributed by atoms with van der Waals surface area (Å²) in [6.07, 6.45) is 5.63. The van der Waals surface area contributed by atoms with Crippen molar-refractivity contribution < 1.29 is 18.9 Å². The molecule has 0 aliphatic carbocycles. The number of amides is 2. The Morgan fingerprint density at radius 3 is 2.56 bits per heavy atom. The summed E-state index contributed by atoms with van der Waals surface area (Å²) >= 11 is 0. The van der Waals surface area contributed by atoms with Crippen LogP contribution in [-0.4, -0.2) is 38.0 Å². The molecule has 2 fully saturated rings. The lowest BCUT2D eigenvalue weighted by Gasteiger charge is -2.23. The maximum atomic E-state index is 12.6. The normalized spacial score (nSPS) is 18.8. The molecule has 0 bridgehead atoms. The number of carbonyl (C=O) groups excluding carboxylic acids is 2. The zero-order valence-electron chi connectivity index (χ0n) is 15.4. The maximum Gasteiger partial charge on any atom is 0.251 e. The van der Waals surface area contributed by atoms with Gasteiger partial charge in [-0.05, 0) is 42.8 Å². The van der Waals surface area contributed by atoms with Crippen molar-refractivity contribution in [2.75, 3.05) is 31.1 Å². The van der Waals surface area contributed by atoms with Crippen LogP contribution in [0.4, 0.5) is 5.69 Å². The van der Waals surface area contributed by atoms with E-state index >= 15 is 0 Å². The molecule has 0 saturated carbocycles. The van der Waals surface area contributed by atoms with Gasteiger partial charge in [-0.3, -0.25) is 9.59 Å². The van der Waals surface area contributed by atoms with Crippen LogP contribution in [0.1, 0.15) is 47.8 Å². The number of benzene rings is 1. The van der Waals surface area contributed by atoms with Gasteiger partial charge in [-0.25, -0.2) is 0 Å². The minimum absolute atomic E-state index is 0.0931. The van der Waals surface area contributed by atoms with Crippen LogP contribution in [0.2, 0.25) is 0 Å². The summed E-state index contributed by atoms with van der Waals surface area (Å²) in [5, 5.41) is 3.06. The first-order chi connectivity index (χ1) is 13.2. The zero-order valence-corrected chi connectivity index (χ0v) is 15.4. The molecule has 4 rings (SSSR count). The lowest BCUT2D eigenvalue weighted by atomic mass is 10.1. The number of carbonyl (C=O) groups is 2. The highest BCUT2D eigenvalue weighted by Crippen LogP contribution is 2.21. The van der Waals surface area contributed by atoms with Crippen LogP contribution >= 0.6 is 0 Å². The minimum atomic E-state index is -0.0931. The molecule has 6 nitrogen and oxygen atoms in total. The number of hydrogen-bond donors (Lipinski definition) is 2. The number of anilines is 1. The summed E-state index contributed by atoms with van der Waals surface area (Å²) in [5.41, 5.74) is 1.48. The van der Waals surface area contributed by atoms with Gasteiger partial charge in [-0.1, -0.05) is 0 Å². The number of quaternary nitrogens is 1. The minimum Gasteiger partial charge on any atom is -0.463 e. The second-order valence-corrected chi connectivity index (χ2v) is 7.34. The van der Waals surface area contributed by atoms with E-state index in [1.807, 2.05) is 24.3 Å². The van der Waals surface area contributed by atoms with Crippen LogP contribution in [0.3, 0.4) is 0 Å². The third-order valence-corrected chi connectivity index (χ3v) is 5.61. The van der Waals surface area contributed by atoms with E-state index in [9.17, 15) is 9.59 Å². The predicted octanol–water partition coefficient (Wildman–Crippen LogP) is 1.56. The highest BCUT2D eigenvalue weighted by atomic mass is 16.3. The first kappa shape index (κ1) is 17.8. The monoisotopic (exact) mass is 368 g/mol. The molecule has 2 N–H and O–H groups in total. The van der Waals surface area contributed by atoms with Gasteiger partial charge in [-0.2, -0.15) is 0 Å². The number of nitrogens with zero attached hydrogens (tertiary/aromatic N) is 1. The van der Waals surface area contributed by atoms with Crippen molar-refractivity contribution in [1.82, 2.24) is 5.32 Å². The van der Waals surface area contributed by atoms with Crippen LogP contribution < -0.4 is 15.1 Å². The average Bonchev–Trinajstić information content (AvgIpc) is 3.45. The number of furan rings is 1. The van der Waals surface area contributed by atoms with E-state index in [0.29, 0.717) is 18.5 Å². The molecule has 142 valence electrons. The van der Waals surface area contributed by atoms with Crippen molar-refractivity contribution in [3.8, 4) is 0 Å². The molecular formula is C21H26N3O3+. The van der Waals surface area contributed by atoms with Crippen molar-refractivity contribution in [3.63, 3.8) is 0 Å². The Morgan fingerprint density at radius 1 is 1.15 bits per heavy atom. The van der Waals surface area contributed by atoms with Gasteiger partial charge in [0.2, 0.25) is 5.91 Å². The second-order valence-electron chi connectivity index (χ2n) is 7.34. The van der Waals surface area contributed by atoms with Crippen LogP contribution in [0.25, 0.3) is 0 Å². The van der Waals surface area contributed by atoms with E-state index < -0.39 is 0 Å². The molecule has 6 heteroatoms. The Bertz CT molecular complexity index is 780. The SMILES string of the molecule is O=C(NC[C@@H](c1ccco1)[NH+]1CCCC1)c1ccc(N2CCCC2=O)cc1. The molecular weight excluding hydrogens is 342 g/mol. The second kappa shape index (κ2) is 7.96. The molecule has 2 aliphatic rings. The molecule has 2 aliphatic heterocycles. The molecule has 1 aromatic carbocycles. The number of rotatable bonds is 6. The third kappa shape index (κ3) is 3.90. The summed E-state index contributed by atoms with van der Waals surface area (Å²) in [6.45, 7) is 3.53. The van der Waals surface area contributed by atoms with Crippen molar-refractivity contribution in [3.05, 3.63) is 54.0 Å². The molecule has 1 aromatic heterocycles. The van der Waals surface area contributed by atoms with Crippen molar-refractivity contribution >= 4 is 17.5 Å². The van der Waals surface area contributed by atoms with Crippen LogP contribution in [0.15, 0.2) is 47.1 Å². The highest BCUT2D eigenvalue weighted by Gasteiger charge is 2.30. The van der Waals surface area contributed by atoms with Gasteiger partial charge in [-0.15, -0.1) is 0 Å². The average molecular weight is 368 g/mol. The summed E-state index contributed by atoms with van der Waals surface area (Å²) in [6, 6.07) is 11.3. The first-order valence-corrected chi connectivity index (χ1v) is 9.79. The largest absolute Gasteiger partial charge is 0.463 e. The summed E-state index contributed by atoms with van der Waals surface area (Å²) in [4.78, 5) is 27.7. The smallest absolute Gasteiger partial charge is 0.251 e. The molecule has 2 amide bonds. The molecule has 0 spiro atoms. The fourth-order valence-electron chi connectivity index (χ4n) is 4.12. The highest BCUT2D eigenvalue weighted by molar-refractivity contribution is 5.97. The lowest BCUT2D eigenvalue weighted by molar-refractivity contribution is -0.919. The lowest BCUT2D eigenvalue weighted by Crippen LogP contribution is -3.11. The Balaban J connectivity index is 1.39. The molecule has 0 radical (unpaired) electrons. The Morgan fingerprint density at radius 2 is 1.93 bits per heavy atom. The van der Waals surface area contributed by atoms with Gasteiger partial charge in [0.15, 0.2) is 11.8 Å². The van der Waals surface area contributed by atoms with E-state index in [1.165, 1.54) is 17.7 Å². The van der Waals surface area contributed by atoms with Crippen molar-refractivity contribution in [2.24, 2.45) is 0 Å². The summed E-state index contributed by atoms with van der Waals surface area (Å²) < 4.78 is 5.62. The molecule has 2 saturated heterocycles. The number of nitrogens with one attached hydrogen (secondary N) is 2. The van der Waals surface area contributed by atoms with Crippen molar-refractivity contribution in [2.45, 2.75) is 31.7 Å². The Kier molecular flexibility index (Phi) is 5.25. The summed E-state index contributed by atoms with van der Waals surface area (Å²) in [5.74, 6) is 0.988. The molecule has 3 heterocycles. The van der Waals surface area contributed by atoms with Crippen LogP contribution in [0, 0.1) is 0 Å². The molecule has 1 atom stereocenters. The zero-order chi connectivity index (χ0) is 18.6. The van der Waals surface area contributed by atoms with Gasteiger partial charge < -0.3 is 19.5 Å². The predicted molar refractivity (Wildman–Crippen MR) is 102 cm³/mol. The van der Waals surface area contributed by atoms with E-state index in [1.54, 1.807) is 23.3 Å². The van der Waals surface area contributed by atoms with Crippen LogP contribution in [0.5, 0.6) is 0 Å². The quantitative estimate of drug-likeness (QED) is 0.813. The number of likely N-dealkylation sites (tertiary alicyclic amines) is 1. The first-order valence-electron chi connectivity index (χ1n) is 9.79. The van der Waals surface area contributed by atoms with E-state index in [0.717, 1.165) is 37.5 Å². The van der Waals surface area contributed by atoms with Gasteiger partial charge in [0.25, 0.3) is 5.91 Å². The third-order valence-electron chi connectivity index (χ3n) is 5.61. The fourth-order valence-corrected chi connectivity index (χ4v) is 4.12. The topological polar surface area (TPSA) is 67.0 Å².